The highest BCUT2D eigenvalue weighted by Crippen LogP contribution is 2.29. The molecule has 1 unspecified atom stereocenters. The lowest BCUT2D eigenvalue weighted by molar-refractivity contribution is -0.151. The first kappa shape index (κ1) is 16.8. The van der Waals surface area contributed by atoms with E-state index in [2.05, 4.69) is 17.3 Å². The standard InChI is InChI=1S/C17H32N2O2/c1-4-21-16(20)17(2,18-15-9-10-15)11-5-6-12-19(3)13-14-7-8-14/h14-15,18H,4-13H2,1-3H3. The van der Waals surface area contributed by atoms with E-state index in [9.17, 15) is 4.79 Å². The minimum absolute atomic E-state index is 0.0803. The van der Waals surface area contributed by atoms with Crippen LogP contribution >= 0.6 is 0 Å². The zero-order valence-electron chi connectivity index (χ0n) is 14.0. The molecule has 0 bridgehead atoms. The van der Waals surface area contributed by atoms with E-state index in [4.69, 9.17) is 4.74 Å². The normalized spacial score (nSPS) is 21.3. The van der Waals surface area contributed by atoms with Crippen LogP contribution in [0.25, 0.3) is 0 Å². The third kappa shape index (κ3) is 5.95. The van der Waals surface area contributed by atoms with Crippen LogP contribution in [0.5, 0.6) is 0 Å². The van der Waals surface area contributed by atoms with Gasteiger partial charge >= 0.3 is 5.97 Å². The van der Waals surface area contributed by atoms with Gasteiger partial charge in [0.2, 0.25) is 0 Å². The number of ether oxygens (including phenoxy) is 1. The average molecular weight is 296 g/mol. The van der Waals surface area contributed by atoms with E-state index >= 15 is 0 Å². The maximum atomic E-state index is 12.2. The number of unbranched alkanes of at least 4 members (excludes halogenated alkanes) is 1. The van der Waals surface area contributed by atoms with Crippen LogP contribution in [0.3, 0.4) is 0 Å². The van der Waals surface area contributed by atoms with Gasteiger partial charge in [-0.2, -0.15) is 0 Å². The van der Waals surface area contributed by atoms with Crippen molar-refractivity contribution in [3.8, 4) is 0 Å². The second kappa shape index (κ2) is 7.59. The third-order valence-corrected chi connectivity index (χ3v) is 4.56. The molecule has 0 aromatic heterocycles. The van der Waals surface area contributed by atoms with Gasteiger partial charge < -0.3 is 9.64 Å². The van der Waals surface area contributed by atoms with Crippen molar-refractivity contribution in [2.24, 2.45) is 5.92 Å². The van der Waals surface area contributed by atoms with Gasteiger partial charge in [-0.25, -0.2) is 0 Å². The molecule has 2 aliphatic carbocycles. The summed E-state index contributed by atoms with van der Waals surface area (Å²) in [6.45, 7) is 6.73. The van der Waals surface area contributed by atoms with Crippen molar-refractivity contribution in [1.82, 2.24) is 10.2 Å². The highest BCUT2D eigenvalue weighted by atomic mass is 16.5. The molecule has 0 radical (unpaired) electrons. The summed E-state index contributed by atoms with van der Waals surface area (Å²) in [5, 5.41) is 3.49. The van der Waals surface area contributed by atoms with Crippen molar-refractivity contribution in [1.29, 1.82) is 0 Å². The fourth-order valence-electron chi connectivity index (χ4n) is 2.89. The van der Waals surface area contributed by atoms with Crippen molar-refractivity contribution >= 4 is 5.97 Å². The number of carbonyl (C=O) groups is 1. The summed E-state index contributed by atoms with van der Waals surface area (Å²) in [4.78, 5) is 14.7. The molecule has 0 amide bonds. The second-order valence-corrected chi connectivity index (χ2v) is 7.13. The van der Waals surface area contributed by atoms with Crippen LogP contribution < -0.4 is 5.32 Å². The number of nitrogens with zero attached hydrogens (tertiary/aromatic N) is 1. The second-order valence-electron chi connectivity index (χ2n) is 7.13. The number of hydrogen-bond acceptors (Lipinski definition) is 4. The first-order chi connectivity index (χ1) is 10.0. The predicted molar refractivity (Wildman–Crippen MR) is 85.3 cm³/mol. The summed E-state index contributed by atoms with van der Waals surface area (Å²) in [6.07, 6.45) is 8.32. The fourth-order valence-corrected chi connectivity index (χ4v) is 2.89. The van der Waals surface area contributed by atoms with Gasteiger partial charge in [0.1, 0.15) is 5.54 Å². The Balaban J connectivity index is 1.68. The van der Waals surface area contributed by atoms with Gasteiger partial charge in [0, 0.05) is 12.6 Å². The lowest BCUT2D eigenvalue weighted by atomic mass is 9.94. The molecular weight excluding hydrogens is 264 g/mol. The van der Waals surface area contributed by atoms with Crippen LogP contribution in [0.2, 0.25) is 0 Å². The van der Waals surface area contributed by atoms with Gasteiger partial charge in [-0.3, -0.25) is 10.1 Å². The van der Waals surface area contributed by atoms with Gasteiger partial charge in [-0.1, -0.05) is 0 Å². The van der Waals surface area contributed by atoms with Gasteiger partial charge in [-0.05, 0) is 78.3 Å². The van der Waals surface area contributed by atoms with E-state index in [1.54, 1.807) is 0 Å². The van der Waals surface area contributed by atoms with Crippen LogP contribution in [0.4, 0.5) is 0 Å². The van der Waals surface area contributed by atoms with Crippen molar-refractivity contribution in [3.05, 3.63) is 0 Å². The minimum atomic E-state index is -0.494. The summed E-state index contributed by atoms with van der Waals surface area (Å²) in [6, 6.07) is 0.525. The zero-order chi connectivity index (χ0) is 15.3. The van der Waals surface area contributed by atoms with E-state index in [1.165, 1.54) is 32.2 Å². The molecule has 1 N–H and O–H groups in total. The van der Waals surface area contributed by atoms with Crippen molar-refractivity contribution < 1.29 is 9.53 Å². The van der Waals surface area contributed by atoms with E-state index in [-0.39, 0.29) is 5.97 Å². The Kier molecular flexibility index (Phi) is 6.06. The van der Waals surface area contributed by atoms with Gasteiger partial charge in [-0.15, -0.1) is 0 Å². The van der Waals surface area contributed by atoms with Crippen molar-refractivity contribution in [2.45, 2.75) is 70.4 Å². The van der Waals surface area contributed by atoms with Crippen LogP contribution in [-0.2, 0) is 9.53 Å². The highest BCUT2D eigenvalue weighted by molar-refractivity contribution is 5.80. The highest BCUT2D eigenvalue weighted by Gasteiger charge is 2.39. The summed E-state index contributed by atoms with van der Waals surface area (Å²) in [5.74, 6) is 0.875. The third-order valence-electron chi connectivity index (χ3n) is 4.56. The molecule has 122 valence electrons. The Morgan fingerprint density at radius 3 is 2.57 bits per heavy atom. The monoisotopic (exact) mass is 296 g/mol. The molecule has 2 aliphatic rings. The molecule has 2 fully saturated rings. The molecule has 0 saturated heterocycles. The quantitative estimate of drug-likeness (QED) is 0.470. The first-order valence-electron chi connectivity index (χ1n) is 8.67. The molecule has 2 rings (SSSR count). The minimum Gasteiger partial charge on any atom is -0.465 e. The van der Waals surface area contributed by atoms with Crippen LogP contribution in [0.1, 0.15) is 58.8 Å². The van der Waals surface area contributed by atoms with Crippen LogP contribution in [-0.4, -0.2) is 49.2 Å². The maximum Gasteiger partial charge on any atom is 0.326 e. The SMILES string of the molecule is CCOC(=O)C(C)(CCCCN(C)CC1CC1)NC1CC1. The predicted octanol–water partition coefficient (Wildman–Crippen LogP) is 2.57. The van der Waals surface area contributed by atoms with Crippen LogP contribution in [0, 0.1) is 5.92 Å². The fraction of sp³-hybridized carbons (Fsp3) is 0.941. The van der Waals surface area contributed by atoms with Crippen molar-refractivity contribution in [3.63, 3.8) is 0 Å². The summed E-state index contributed by atoms with van der Waals surface area (Å²) < 4.78 is 5.26. The number of esters is 1. The molecule has 1 atom stereocenters. The van der Waals surface area contributed by atoms with E-state index in [0.29, 0.717) is 12.6 Å². The Morgan fingerprint density at radius 2 is 2.00 bits per heavy atom. The van der Waals surface area contributed by atoms with Crippen LogP contribution in [0.15, 0.2) is 0 Å². The van der Waals surface area contributed by atoms with Gasteiger partial charge in [0.15, 0.2) is 0 Å². The molecule has 2 saturated carbocycles. The molecule has 0 aliphatic heterocycles. The molecule has 0 spiro atoms. The first-order valence-corrected chi connectivity index (χ1v) is 8.67. The van der Waals surface area contributed by atoms with E-state index < -0.39 is 5.54 Å². The molecule has 21 heavy (non-hydrogen) atoms. The number of hydrogen-bond donors (Lipinski definition) is 1. The zero-order valence-corrected chi connectivity index (χ0v) is 14.0. The van der Waals surface area contributed by atoms with Gasteiger partial charge in [0.05, 0.1) is 6.61 Å². The van der Waals surface area contributed by atoms with E-state index in [1.807, 2.05) is 13.8 Å². The Hall–Kier alpha value is -0.610. The molecular formula is C17H32N2O2. The molecule has 4 nitrogen and oxygen atoms in total. The Bertz CT molecular complexity index is 340. The number of nitrogens with one attached hydrogen (secondary N) is 1. The maximum absolute atomic E-state index is 12.2. The molecule has 4 heteroatoms. The molecule has 0 heterocycles. The summed E-state index contributed by atoms with van der Waals surface area (Å²) in [5.41, 5.74) is -0.494. The van der Waals surface area contributed by atoms with Crippen molar-refractivity contribution in [2.75, 3.05) is 26.7 Å². The molecule has 0 aromatic carbocycles. The Labute approximate surface area is 129 Å². The number of carbonyl (C=O) groups excluding carboxylic acids is 1. The van der Waals surface area contributed by atoms with Gasteiger partial charge in [0.25, 0.3) is 0 Å². The summed E-state index contributed by atoms with van der Waals surface area (Å²) in [7, 11) is 2.21. The van der Waals surface area contributed by atoms with E-state index in [0.717, 1.165) is 31.7 Å². The topological polar surface area (TPSA) is 41.6 Å². The largest absolute Gasteiger partial charge is 0.465 e. The lowest BCUT2D eigenvalue weighted by Gasteiger charge is -2.29. The Morgan fingerprint density at radius 1 is 1.29 bits per heavy atom. The summed E-state index contributed by atoms with van der Waals surface area (Å²) >= 11 is 0. The number of rotatable bonds is 11. The smallest absolute Gasteiger partial charge is 0.326 e. The lowest BCUT2D eigenvalue weighted by Crippen LogP contribution is -2.51. The molecule has 0 aromatic rings. The average Bonchev–Trinajstić information content (AvgIpc) is 3.32.